The number of nitrogens with zero attached hydrogens (tertiary/aromatic N) is 3. The summed E-state index contributed by atoms with van der Waals surface area (Å²) in [6, 6.07) is 18.7. The molecule has 6 nitrogen and oxygen atoms in total. The molecule has 3 aromatic rings. The highest BCUT2D eigenvalue weighted by atomic mass is 16.2. The fourth-order valence-electron chi connectivity index (χ4n) is 3.36. The van der Waals surface area contributed by atoms with E-state index in [9.17, 15) is 9.59 Å². The molecule has 1 aliphatic rings. The first-order valence-corrected chi connectivity index (χ1v) is 8.91. The van der Waals surface area contributed by atoms with E-state index in [-0.39, 0.29) is 17.9 Å². The van der Waals surface area contributed by atoms with Crippen LogP contribution in [0.2, 0.25) is 0 Å². The van der Waals surface area contributed by atoms with Gasteiger partial charge in [-0.05, 0) is 29.8 Å². The molecule has 0 fully saturated rings. The number of benzene rings is 1. The van der Waals surface area contributed by atoms with Crippen molar-refractivity contribution in [1.29, 1.82) is 0 Å². The summed E-state index contributed by atoms with van der Waals surface area (Å²) in [4.78, 5) is 31.2. The number of pyridine rings is 1. The molecule has 0 bridgehead atoms. The van der Waals surface area contributed by atoms with Gasteiger partial charge < -0.3 is 14.8 Å². The van der Waals surface area contributed by atoms with Crippen molar-refractivity contribution in [1.82, 2.24) is 19.8 Å². The minimum Gasteiger partial charge on any atom is -0.349 e. The van der Waals surface area contributed by atoms with Crippen molar-refractivity contribution in [3.8, 4) is 0 Å². The molecule has 0 aliphatic carbocycles. The highest BCUT2D eigenvalue weighted by molar-refractivity contribution is 5.94. The zero-order valence-corrected chi connectivity index (χ0v) is 14.8. The van der Waals surface area contributed by atoms with Crippen molar-refractivity contribution >= 4 is 11.8 Å². The van der Waals surface area contributed by atoms with Crippen LogP contribution in [0.5, 0.6) is 0 Å². The molecule has 0 spiro atoms. The number of hydrogen-bond acceptors (Lipinski definition) is 3. The molecule has 0 saturated heterocycles. The Balaban J connectivity index is 1.53. The van der Waals surface area contributed by atoms with E-state index in [4.69, 9.17) is 0 Å². The molecule has 3 heterocycles. The standard InChI is InChI=1S/C21H20N4O2/c26-20(18-9-4-5-11-22-18)23-13-17-15-24-12-6-10-19(24)21(27)25(17)14-16-7-2-1-3-8-16/h1-12,17H,13-15H2,(H,23,26). The summed E-state index contributed by atoms with van der Waals surface area (Å²) in [7, 11) is 0. The third-order valence-corrected chi connectivity index (χ3v) is 4.75. The van der Waals surface area contributed by atoms with Gasteiger partial charge in [0.05, 0.1) is 6.04 Å². The molecule has 1 atom stereocenters. The average Bonchev–Trinajstić information content (AvgIpc) is 3.19. The molecule has 1 aromatic carbocycles. The van der Waals surface area contributed by atoms with Crippen LogP contribution in [0.15, 0.2) is 73.1 Å². The molecular formula is C21H20N4O2. The van der Waals surface area contributed by atoms with Crippen molar-refractivity contribution in [3.05, 3.63) is 90.0 Å². The summed E-state index contributed by atoms with van der Waals surface area (Å²) in [5.74, 6) is -0.256. The lowest BCUT2D eigenvalue weighted by Crippen LogP contribution is -2.52. The largest absolute Gasteiger partial charge is 0.349 e. The number of aromatic nitrogens is 2. The third-order valence-electron chi connectivity index (χ3n) is 4.75. The summed E-state index contributed by atoms with van der Waals surface area (Å²) in [5, 5.41) is 2.92. The monoisotopic (exact) mass is 360 g/mol. The lowest BCUT2D eigenvalue weighted by Gasteiger charge is -2.37. The number of nitrogens with one attached hydrogen (secondary N) is 1. The van der Waals surface area contributed by atoms with Crippen molar-refractivity contribution in [2.75, 3.05) is 6.54 Å². The molecular weight excluding hydrogens is 340 g/mol. The number of rotatable bonds is 5. The number of carbonyl (C=O) groups excluding carboxylic acids is 2. The number of amides is 2. The zero-order valence-electron chi connectivity index (χ0n) is 14.8. The maximum atomic E-state index is 13.0. The first-order valence-electron chi connectivity index (χ1n) is 8.91. The summed E-state index contributed by atoms with van der Waals surface area (Å²) in [6.07, 6.45) is 3.49. The van der Waals surface area contributed by atoms with E-state index in [1.807, 2.05) is 58.1 Å². The van der Waals surface area contributed by atoms with Crippen LogP contribution in [0, 0.1) is 0 Å². The maximum absolute atomic E-state index is 13.0. The highest BCUT2D eigenvalue weighted by Crippen LogP contribution is 2.20. The van der Waals surface area contributed by atoms with Gasteiger partial charge in [0.2, 0.25) is 0 Å². The van der Waals surface area contributed by atoms with Crippen LogP contribution in [0.25, 0.3) is 0 Å². The molecule has 0 radical (unpaired) electrons. The van der Waals surface area contributed by atoms with Crippen LogP contribution in [-0.2, 0) is 13.1 Å². The van der Waals surface area contributed by atoms with Gasteiger partial charge in [0.1, 0.15) is 11.4 Å². The van der Waals surface area contributed by atoms with Crippen LogP contribution in [0.1, 0.15) is 26.5 Å². The van der Waals surface area contributed by atoms with Gasteiger partial charge in [-0.3, -0.25) is 14.6 Å². The van der Waals surface area contributed by atoms with Gasteiger partial charge in [-0.25, -0.2) is 0 Å². The van der Waals surface area contributed by atoms with Gasteiger partial charge in [-0.1, -0.05) is 36.4 Å². The quantitative estimate of drug-likeness (QED) is 0.759. The van der Waals surface area contributed by atoms with Crippen molar-refractivity contribution < 1.29 is 9.59 Å². The Morgan fingerprint density at radius 2 is 1.89 bits per heavy atom. The Bertz CT molecular complexity index is 937. The molecule has 1 N–H and O–H groups in total. The van der Waals surface area contributed by atoms with Crippen molar-refractivity contribution in [2.24, 2.45) is 0 Å². The van der Waals surface area contributed by atoms with Gasteiger partial charge in [0.25, 0.3) is 11.8 Å². The van der Waals surface area contributed by atoms with Crippen LogP contribution in [-0.4, -0.2) is 38.9 Å². The van der Waals surface area contributed by atoms with E-state index in [2.05, 4.69) is 10.3 Å². The Morgan fingerprint density at radius 3 is 2.67 bits per heavy atom. The van der Waals surface area contributed by atoms with Gasteiger partial charge >= 0.3 is 0 Å². The van der Waals surface area contributed by atoms with E-state index < -0.39 is 0 Å². The second-order valence-corrected chi connectivity index (χ2v) is 6.54. The van der Waals surface area contributed by atoms with Crippen LogP contribution in [0.4, 0.5) is 0 Å². The SMILES string of the molecule is O=C(NCC1Cn2cccc2C(=O)N1Cc1ccccc1)c1ccccn1. The number of hydrogen-bond donors (Lipinski definition) is 1. The number of carbonyl (C=O) groups is 2. The fraction of sp³-hybridized carbons (Fsp3) is 0.190. The summed E-state index contributed by atoms with van der Waals surface area (Å²) in [5.41, 5.74) is 2.11. The predicted octanol–water partition coefficient (Wildman–Crippen LogP) is 2.34. The minimum atomic E-state index is -0.235. The van der Waals surface area contributed by atoms with E-state index in [0.29, 0.717) is 31.0 Å². The highest BCUT2D eigenvalue weighted by Gasteiger charge is 2.32. The van der Waals surface area contributed by atoms with E-state index in [1.54, 1.807) is 24.4 Å². The van der Waals surface area contributed by atoms with E-state index in [1.165, 1.54) is 0 Å². The van der Waals surface area contributed by atoms with Crippen LogP contribution < -0.4 is 5.32 Å². The Labute approximate surface area is 157 Å². The number of fused-ring (bicyclic) bond motifs is 1. The normalized spacial score (nSPS) is 16.1. The summed E-state index contributed by atoms with van der Waals surface area (Å²) < 4.78 is 1.95. The van der Waals surface area contributed by atoms with E-state index >= 15 is 0 Å². The molecule has 2 amide bonds. The van der Waals surface area contributed by atoms with Crippen LogP contribution >= 0.6 is 0 Å². The first-order chi connectivity index (χ1) is 13.2. The summed E-state index contributed by atoms with van der Waals surface area (Å²) in [6.45, 7) is 1.52. The lowest BCUT2D eigenvalue weighted by atomic mass is 10.1. The van der Waals surface area contributed by atoms with Crippen molar-refractivity contribution in [3.63, 3.8) is 0 Å². The minimum absolute atomic E-state index is 0.0211. The molecule has 6 heteroatoms. The second-order valence-electron chi connectivity index (χ2n) is 6.54. The van der Waals surface area contributed by atoms with Gasteiger partial charge in [-0.2, -0.15) is 0 Å². The lowest BCUT2D eigenvalue weighted by molar-refractivity contribution is 0.0563. The predicted molar refractivity (Wildman–Crippen MR) is 101 cm³/mol. The fourth-order valence-corrected chi connectivity index (χ4v) is 3.36. The Morgan fingerprint density at radius 1 is 1.07 bits per heavy atom. The maximum Gasteiger partial charge on any atom is 0.271 e. The molecule has 27 heavy (non-hydrogen) atoms. The molecule has 2 aromatic heterocycles. The first kappa shape index (κ1) is 17.0. The second kappa shape index (κ2) is 7.45. The van der Waals surface area contributed by atoms with Gasteiger partial charge in [0, 0.05) is 32.0 Å². The Hall–Kier alpha value is -3.41. The third kappa shape index (κ3) is 3.60. The van der Waals surface area contributed by atoms with E-state index in [0.717, 1.165) is 5.56 Å². The topological polar surface area (TPSA) is 67.2 Å². The Kier molecular flexibility index (Phi) is 4.70. The van der Waals surface area contributed by atoms with Gasteiger partial charge in [0.15, 0.2) is 0 Å². The summed E-state index contributed by atoms with van der Waals surface area (Å²) >= 11 is 0. The van der Waals surface area contributed by atoms with Crippen molar-refractivity contribution in [2.45, 2.75) is 19.1 Å². The van der Waals surface area contributed by atoms with Crippen LogP contribution in [0.3, 0.4) is 0 Å². The average molecular weight is 360 g/mol. The molecule has 1 aliphatic heterocycles. The zero-order chi connectivity index (χ0) is 18.6. The smallest absolute Gasteiger partial charge is 0.271 e. The molecule has 136 valence electrons. The molecule has 1 unspecified atom stereocenters. The molecule has 0 saturated carbocycles. The van der Waals surface area contributed by atoms with Gasteiger partial charge in [-0.15, -0.1) is 0 Å². The molecule has 4 rings (SSSR count).